The summed E-state index contributed by atoms with van der Waals surface area (Å²) < 4.78 is 26.8. The summed E-state index contributed by atoms with van der Waals surface area (Å²) in [5, 5.41) is 9.69. The van der Waals surface area contributed by atoms with Gasteiger partial charge < -0.3 is 14.6 Å². The number of sulfonamides is 1. The molecule has 0 spiro atoms. The van der Waals surface area contributed by atoms with Crippen molar-refractivity contribution in [2.45, 2.75) is 13.0 Å². The molecule has 2 fully saturated rings. The normalized spacial score (nSPS) is 29.0. The maximum absolute atomic E-state index is 11.8. The van der Waals surface area contributed by atoms with Crippen LogP contribution in [-0.4, -0.2) is 77.2 Å². The lowest BCUT2D eigenvalue weighted by molar-refractivity contribution is -0.148. The van der Waals surface area contributed by atoms with Crippen molar-refractivity contribution < 1.29 is 18.3 Å². The number of imidazole rings is 1. The molecule has 1 aromatic heterocycles. The van der Waals surface area contributed by atoms with Gasteiger partial charge in [-0.25, -0.2) is 17.7 Å². The Labute approximate surface area is 135 Å². The molecule has 1 N–H and O–H groups in total. The quantitative estimate of drug-likeness (QED) is 0.752. The molecule has 9 heteroatoms. The van der Waals surface area contributed by atoms with E-state index in [1.54, 1.807) is 12.5 Å². The van der Waals surface area contributed by atoms with Gasteiger partial charge in [-0.2, -0.15) is 0 Å². The van der Waals surface area contributed by atoms with Crippen LogP contribution in [0.2, 0.25) is 0 Å². The van der Waals surface area contributed by atoms with Crippen molar-refractivity contribution in [3.05, 3.63) is 18.7 Å². The van der Waals surface area contributed by atoms with E-state index >= 15 is 0 Å². The van der Waals surface area contributed by atoms with E-state index < -0.39 is 21.4 Å². The summed E-state index contributed by atoms with van der Waals surface area (Å²) in [6.07, 6.45) is 7.46. The number of aryl methyl sites for hydroxylation is 1. The number of carbonyl (C=O) groups is 1. The van der Waals surface area contributed by atoms with Gasteiger partial charge in [0, 0.05) is 51.0 Å². The minimum absolute atomic E-state index is 0.0872. The number of aromatic nitrogens is 2. The summed E-state index contributed by atoms with van der Waals surface area (Å²) in [7, 11) is -3.34. The zero-order chi connectivity index (χ0) is 16.7. The second-order valence-electron chi connectivity index (χ2n) is 6.60. The van der Waals surface area contributed by atoms with Crippen LogP contribution in [0.1, 0.15) is 6.42 Å². The number of fused-ring (bicyclic) bond motifs is 1. The van der Waals surface area contributed by atoms with Crippen LogP contribution in [0.4, 0.5) is 0 Å². The molecular formula is C14H22N4O4S. The third-order valence-electron chi connectivity index (χ3n) is 4.99. The first-order valence-electron chi connectivity index (χ1n) is 7.68. The number of nitrogens with zero attached hydrogens (tertiary/aromatic N) is 4. The predicted octanol–water partition coefficient (Wildman–Crippen LogP) is -0.449. The Morgan fingerprint density at radius 2 is 2.13 bits per heavy atom. The van der Waals surface area contributed by atoms with Gasteiger partial charge in [-0.15, -0.1) is 0 Å². The molecule has 8 nitrogen and oxygen atoms in total. The fraction of sp³-hybridized carbons (Fsp3) is 0.714. The van der Waals surface area contributed by atoms with E-state index in [0.717, 1.165) is 25.8 Å². The standard InChI is InChI=1S/C14H22N4O4S/c1-23(21,22)18-8-12-7-17(9-14(12,10-18)13(19)20)5-2-4-16-6-3-15-11-16/h3,6,11-12H,2,4-5,7-10H2,1H3,(H,19,20)/t12-,14-/m0/s1. The average Bonchev–Trinajstić information content (AvgIpc) is 3.10. The molecule has 3 rings (SSSR count). The van der Waals surface area contributed by atoms with Gasteiger partial charge in [0.25, 0.3) is 0 Å². The Balaban J connectivity index is 1.61. The first kappa shape index (κ1) is 16.4. The molecule has 0 bridgehead atoms. The summed E-state index contributed by atoms with van der Waals surface area (Å²) in [4.78, 5) is 18.0. The zero-order valence-corrected chi connectivity index (χ0v) is 13.9. The van der Waals surface area contributed by atoms with E-state index in [9.17, 15) is 18.3 Å². The first-order chi connectivity index (χ1) is 10.8. The average molecular weight is 342 g/mol. The molecule has 2 atom stereocenters. The first-order valence-corrected chi connectivity index (χ1v) is 9.53. The lowest BCUT2D eigenvalue weighted by Crippen LogP contribution is -2.42. The Hall–Kier alpha value is -1.45. The van der Waals surface area contributed by atoms with Crippen molar-refractivity contribution in [2.75, 3.05) is 39.0 Å². The lowest BCUT2D eigenvalue weighted by Gasteiger charge is -2.24. The molecule has 2 saturated heterocycles. The highest BCUT2D eigenvalue weighted by Gasteiger charge is 2.58. The van der Waals surface area contributed by atoms with Gasteiger partial charge in [-0.3, -0.25) is 4.79 Å². The van der Waals surface area contributed by atoms with Gasteiger partial charge in [-0.1, -0.05) is 0 Å². The third-order valence-corrected chi connectivity index (χ3v) is 6.21. The number of hydrogen-bond acceptors (Lipinski definition) is 5. The largest absolute Gasteiger partial charge is 0.481 e. The van der Waals surface area contributed by atoms with Crippen LogP contribution in [0, 0.1) is 11.3 Å². The number of hydrogen-bond donors (Lipinski definition) is 1. The predicted molar refractivity (Wildman–Crippen MR) is 83.3 cm³/mol. The smallest absolute Gasteiger partial charge is 0.312 e. The maximum atomic E-state index is 11.8. The molecule has 0 amide bonds. The summed E-state index contributed by atoms with van der Waals surface area (Å²) in [6, 6.07) is 0. The molecule has 0 unspecified atom stereocenters. The van der Waals surface area contributed by atoms with E-state index in [-0.39, 0.29) is 12.5 Å². The van der Waals surface area contributed by atoms with Gasteiger partial charge in [0.15, 0.2) is 0 Å². The molecule has 0 saturated carbocycles. The number of aliphatic carboxylic acids is 1. The summed E-state index contributed by atoms with van der Waals surface area (Å²) in [6.45, 7) is 3.11. The molecule has 0 radical (unpaired) electrons. The van der Waals surface area contributed by atoms with Crippen molar-refractivity contribution in [2.24, 2.45) is 11.3 Å². The van der Waals surface area contributed by atoms with Crippen LogP contribution in [0.25, 0.3) is 0 Å². The summed E-state index contributed by atoms with van der Waals surface area (Å²) in [5.74, 6) is -1.02. The fourth-order valence-corrected chi connectivity index (χ4v) is 4.66. The van der Waals surface area contributed by atoms with Crippen molar-refractivity contribution in [1.29, 1.82) is 0 Å². The molecule has 23 heavy (non-hydrogen) atoms. The third kappa shape index (κ3) is 3.13. The van der Waals surface area contributed by atoms with E-state index in [2.05, 4.69) is 9.88 Å². The molecule has 2 aliphatic heterocycles. The highest BCUT2D eigenvalue weighted by molar-refractivity contribution is 7.88. The summed E-state index contributed by atoms with van der Waals surface area (Å²) >= 11 is 0. The van der Waals surface area contributed by atoms with Gasteiger partial charge in [0.2, 0.25) is 10.0 Å². The molecule has 0 aliphatic carbocycles. The second kappa shape index (κ2) is 5.88. The van der Waals surface area contributed by atoms with Gasteiger partial charge in [0.05, 0.1) is 18.0 Å². The van der Waals surface area contributed by atoms with Crippen molar-refractivity contribution >= 4 is 16.0 Å². The van der Waals surface area contributed by atoms with E-state index in [4.69, 9.17) is 0 Å². The minimum Gasteiger partial charge on any atom is -0.481 e. The molecule has 128 valence electrons. The topological polar surface area (TPSA) is 95.7 Å². The second-order valence-corrected chi connectivity index (χ2v) is 8.59. The SMILES string of the molecule is CS(=O)(=O)N1C[C@@H]2CN(CCCn3ccnc3)C[C@]2(C(=O)O)C1. The molecule has 2 aliphatic rings. The highest BCUT2D eigenvalue weighted by Crippen LogP contribution is 2.43. The number of carboxylic acid groups (broad SMARTS) is 1. The number of likely N-dealkylation sites (tertiary alicyclic amines) is 1. The Morgan fingerprint density at radius 1 is 1.35 bits per heavy atom. The van der Waals surface area contributed by atoms with Crippen LogP contribution in [-0.2, 0) is 21.4 Å². The van der Waals surface area contributed by atoms with Gasteiger partial charge in [0.1, 0.15) is 0 Å². The van der Waals surface area contributed by atoms with Crippen LogP contribution < -0.4 is 0 Å². The van der Waals surface area contributed by atoms with Gasteiger partial charge in [-0.05, 0) is 13.0 Å². The Morgan fingerprint density at radius 3 is 2.70 bits per heavy atom. The van der Waals surface area contributed by atoms with Crippen molar-refractivity contribution in [3.63, 3.8) is 0 Å². The van der Waals surface area contributed by atoms with Crippen LogP contribution in [0.15, 0.2) is 18.7 Å². The van der Waals surface area contributed by atoms with Crippen molar-refractivity contribution in [1.82, 2.24) is 18.8 Å². The Bertz CT molecular complexity index is 675. The molecule has 0 aromatic carbocycles. The zero-order valence-electron chi connectivity index (χ0n) is 13.1. The lowest BCUT2D eigenvalue weighted by atomic mass is 9.81. The molecular weight excluding hydrogens is 320 g/mol. The minimum atomic E-state index is -3.34. The van der Waals surface area contributed by atoms with Crippen LogP contribution in [0.5, 0.6) is 0 Å². The van der Waals surface area contributed by atoms with Crippen LogP contribution >= 0.6 is 0 Å². The van der Waals surface area contributed by atoms with Gasteiger partial charge >= 0.3 is 5.97 Å². The van der Waals surface area contributed by atoms with E-state index in [1.807, 2.05) is 10.8 Å². The van der Waals surface area contributed by atoms with Crippen molar-refractivity contribution in [3.8, 4) is 0 Å². The fourth-order valence-electron chi connectivity index (χ4n) is 3.74. The highest BCUT2D eigenvalue weighted by atomic mass is 32.2. The summed E-state index contributed by atoms with van der Waals surface area (Å²) in [5.41, 5.74) is -0.960. The van der Waals surface area contributed by atoms with Crippen LogP contribution in [0.3, 0.4) is 0 Å². The molecule has 1 aromatic rings. The van der Waals surface area contributed by atoms with E-state index in [1.165, 1.54) is 4.31 Å². The maximum Gasteiger partial charge on any atom is 0.312 e. The number of rotatable bonds is 6. The Kier molecular flexibility index (Phi) is 4.19. The number of carboxylic acids is 1. The van der Waals surface area contributed by atoms with E-state index in [0.29, 0.717) is 19.6 Å². The molecule has 3 heterocycles. The monoisotopic (exact) mass is 342 g/mol.